The number of nitrogens with zero attached hydrogens (tertiary/aromatic N) is 1. The van der Waals surface area contributed by atoms with E-state index < -0.39 is 29.9 Å². The van der Waals surface area contributed by atoms with E-state index in [1.165, 1.54) is 6.07 Å². The first-order valence-electron chi connectivity index (χ1n) is 12.6. The average Bonchev–Trinajstić information content (AvgIpc) is 3.05. The summed E-state index contributed by atoms with van der Waals surface area (Å²) in [5, 5.41) is 13.5. The van der Waals surface area contributed by atoms with Crippen LogP contribution >= 0.6 is 0 Å². The predicted octanol–water partition coefficient (Wildman–Crippen LogP) is 5.03. The summed E-state index contributed by atoms with van der Waals surface area (Å²) < 4.78 is 49.4. The Bertz CT molecular complexity index is 891. The topological polar surface area (TPSA) is 71.5 Å². The normalized spacial score (nSPS) is 27.9. The smallest absolute Gasteiger partial charge is 0.424 e. The monoisotopic (exact) mass is 494 g/mol. The van der Waals surface area contributed by atoms with E-state index in [9.17, 15) is 23.1 Å². The van der Waals surface area contributed by atoms with E-state index in [1.54, 1.807) is 0 Å². The molecule has 3 unspecified atom stereocenters. The number of pyridine rings is 1. The van der Waals surface area contributed by atoms with Gasteiger partial charge in [0.15, 0.2) is 0 Å². The number of hydrogen-bond acceptors (Lipinski definition) is 4. The average molecular weight is 495 g/mol. The fourth-order valence-electron chi connectivity index (χ4n) is 5.55. The highest BCUT2D eigenvalue weighted by Crippen LogP contribution is 2.47. The summed E-state index contributed by atoms with van der Waals surface area (Å²) in [6.45, 7) is 1.35. The fourth-order valence-corrected chi connectivity index (χ4v) is 5.98. The van der Waals surface area contributed by atoms with Crippen LogP contribution in [-0.4, -0.2) is 51.6 Å². The first-order valence-corrected chi connectivity index (χ1v) is 13.3. The molecule has 2 saturated carbocycles. The molecule has 5 nitrogen and oxygen atoms in total. The van der Waals surface area contributed by atoms with Gasteiger partial charge in [-0.1, -0.05) is 45.4 Å². The van der Waals surface area contributed by atoms with Crippen molar-refractivity contribution in [3.63, 3.8) is 0 Å². The van der Waals surface area contributed by atoms with Gasteiger partial charge in [0.2, 0.25) is 11.5 Å². The lowest BCUT2D eigenvalue weighted by atomic mass is 9.87. The van der Waals surface area contributed by atoms with E-state index in [2.05, 4.69) is 26.6 Å². The quantitative estimate of drug-likeness (QED) is 0.445. The molecular formula is C25H34AlF3N2O3. The van der Waals surface area contributed by atoms with Gasteiger partial charge in [-0.3, -0.25) is 9.78 Å². The van der Waals surface area contributed by atoms with E-state index in [0.717, 1.165) is 51.4 Å². The second-order valence-corrected chi connectivity index (χ2v) is 11.3. The van der Waals surface area contributed by atoms with Crippen molar-refractivity contribution < 1.29 is 27.8 Å². The number of alkyl halides is 3. The molecule has 0 aromatic carbocycles. The first kappa shape index (κ1) is 25.8. The number of amides is 1. The minimum Gasteiger partial charge on any atom is -0.491 e. The van der Waals surface area contributed by atoms with Crippen molar-refractivity contribution in [2.45, 2.75) is 99.5 Å². The van der Waals surface area contributed by atoms with Crippen molar-refractivity contribution in [3.05, 3.63) is 23.0 Å². The van der Waals surface area contributed by atoms with Gasteiger partial charge in [-0.2, -0.15) is 13.2 Å². The Labute approximate surface area is 207 Å². The summed E-state index contributed by atoms with van der Waals surface area (Å²) in [5.41, 5.74) is -2.52. The van der Waals surface area contributed by atoms with Gasteiger partial charge in [-0.05, 0) is 31.7 Å². The van der Waals surface area contributed by atoms with E-state index in [1.807, 2.05) is 6.92 Å². The largest absolute Gasteiger partial charge is 0.491 e. The first-order chi connectivity index (χ1) is 16.1. The van der Waals surface area contributed by atoms with Gasteiger partial charge in [-0.25, -0.2) is 0 Å². The molecule has 2 fully saturated rings. The molecule has 2 aliphatic carbocycles. The molecule has 1 aliphatic heterocycles. The Morgan fingerprint density at radius 3 is 2.59 bits per heavy atom. The van der Waals surface area contributed by atoms with Crippen LogP contribution in [0, 0.1) is 5.92 Å². The van der Waals surface area contributed by atoms with Crippen LogP contribution in [0.15, 0.2) is 6.07 Å². The van der Waals surface area contributed by atoms with Crippen molar-refractivity contribution in [3.8, 4) is 5.75 Å². The Balaban J connectivity index is 1.67. The zero-order chi connectivity index (χ0) is 24.5. The molecule has 1 aromatic heterocycles. The number of aromatic nitrogens is 1. The Hall–Kier alpha value is -1.30. The van der Waals surface area contributed by atoms with Crippen LogP contribution in [-0.2, 0) is 10.4 Å². The molecule has 0 bridgehead atoms. The summed E-state index contributed by atoms with van der Waals surface area (Å²) in [5.74, 6) is -0.243. The van der Waals surface area contributed by atoms with Crippen LogP contribution < -0.4 is 10.1 Å². The number of halogens is 3. The molecule has 0 spiro atoms. The highest BCUT2D eigenvalue weighted by Gasteiger charge is 2.57. The number of hydrogen-bond donors (Lipinski definition) is 2. The summed E-state index contributed by atoms with van der Waals surface area (Å²) in [6, 6.07) is 1.34. The van der Waals surface area contributed by atoms with Crippen LogP contribution in [0.5, 0.6) is 5.75 Å². The molecule has 2 radical (unpaired) electrons. The third-order valence-electron chi connectivity index (χ3n) is 7.82. The fraction of sp³-hybridized carbons (Fsp3) is 0.760. The second-order valence-electron chi connectivity index (χ2n) is 10.4. The summed E-state index contributed by atoms with van der Waals surface area (Å²) in [6.07, 6.45) is 3.80. The lowest BCUT2D eigenvalue weighted by Crippen LogP contribution is -2.52. The molecule has 0 saturated heterocycles. The van der Waals surface area contributed by atoms with E-state index >= 15 is 0 Å². The zero-order valence-electron chi connectivity index (χ0n) is 19.8. The van der Waals surface area contributed by atoms with Crippen molar-refractivity contribution in [1.82, 2.24) is 10.3 Å². The number of fused-ring (bicyclic) bond motifs is 1. The van der Waals surface area contributed by atoms with Crippen molar-refractivity contribution in [2.75, 3.05) is 13.2 Å². The molecule has 2 heterocycles. The van der Waals surface area contributed by atoms with E-state index in [0.29, 0.717) is 41.2 Å². The minimum absolute atomic E-state index is 0.0149. The van der Waals surface area contributed by atoms with Gasteiger partial charge >= 0.3 is 6.18 Å². The number of aliphatic hydroxyl groups is 1. The summed E-state index contributed by atoms with van der Waals surface area (Å²) in [7, 11) is 0. The van der Waals surface area contributed by atoms with Gasteiger partial charge < -0.3 is 15.2 Å². The van der Waals surface area contributed by atoms with Gasteiger partial charge in [0.1, 0.15) is 22.0 Å². The molecule has 34 heavy (non-hydrogen) atoms. The molecule has 1 aromatic rings. The molecule has 9 heteroatoms. The molecule has 1 amide bonds. The lowest BCUT2D eigenvalue weighted by Gasteiger charge is -2.32. The van der Waals surface area contributed by atoms with Crippen molar-refractivity contribution >= 4 is 22.2 Å². The van der Waals surface area contributed by atoms with Crippen LogP contribution in [0.2, 0.25) is 4.78 Å². The summed E-state index contributed by atoms with van der Waals surface area (Å²) >= 11 is 2.85. The standard InChI is InChI=1S/C25H34F3N2O3.Al/c1-16-14-33-22-19(16)13-20(30-21(22)17-9-5-2-3-6-10-17)24(32,25(26,27)28)15-29-23(31)18-11-7-4-8-12-18;/h2,13,16-18,32H,3-12,14-15H2,1H3,(H,29,31);/t16-,17?,24?;/m1./s1. The van der Waals surface area contributed by atoms with Gasteiger partial charge in [-0.15, -0.1) is 4.78 Å². The Morgan fingerprint density at radius 2 is 1.88 bits per heavy atom. The van der Waals surface area contributed by atoms with Crippen LogP contribution in [0.3, 0.4) is 0 Å². The maximum Gasteiger partial charge on any atom is 0.424 e. The third-order valence-corrected chi connectivity index (χ3v) is 8.49. The second kappa shape index (κ2) is 10.4. The zero-order valence-corrected chi connectivity index (χ0v) is 20.9. The number of rotatable bonds is 5. The van der Waals surface area contributed by atoms with Crippen molar-refractivity contribution in [1.29, 1.82) is 0 Å². The number of carbonyl (C=O) groups is 1. The van der Waals surface area contributed by atoms with Crippen LogP contribution in [0.4, 0.5) is 13.2 Å². The third kappa shape index (κ3) is 5.27. The Kier molecular flexibility index (Phi) is 7.86. The molecule has 3 aliphatic rings. The van der Waals surface area contributed by atoms with Crippen LogP contribution in [0.25, 0.3) is 0 Å². The maximum absolute atomic E-state index is 14.3. The Morgan fingerprint density at radius 1 is 1.15 bits per heavy atom. The van der Waals surface area contributed by atoms with Gasteiger partial charge in [0.05, 0.1) is 24.5 Å². The van der Waals surface area contributed by atoms with Crippen molar-refractivity contribution in [2.24, 2.45) is 5.92 Å². The minimum atomic E-state index is -5.00. The molecule has 186 valence electrons. The van der Waals surface area contributed by atoms with Crippen LogP contribution in [0.1, 0.15) is 99.9 Å². The highest BCUT2D eigenvalue weighted by atomic mass is 27.0. The lowest BCUT2D eigenvalue weighted by molar-refractivity contribution is -0.265. The van der Waals surface area contributed by atoms with E-state index in [4.69, 9.17) is 4.74 Å². The molecule has 2 N–H and O–H groups in total. The predicted molar refractivity (Wildman–Crippen MR) is 123 cm³/mol. The SMILES string of the molecule is C[C@@H]1COc2c1cc(C(O)(CNC(=O)C1CCCCC1)C(F)(F)F)nc2C1CCC[CH]([Al])CC1. The number of nitrogens with one attached hydrogen (secondary N) is 1. The van der Waals surface area contributed by atoms with Gasteiger partial charge in [0.25, 0.3) is 0 Å². The summed E-state index contributed by atoms with van der Waals surface area (Å²) in [4.78, 5) is 17.0. The van der Waals surface area contributed by atoms with E-state index in [-0.39, 0.29) is 17.8 Å². The number of carbonyl (C=O) groups excluding carboxylic acids is 1. The van der Waals surface area contributed by atoms with Gasteiger partial charge in [0, 0.05) is 23.3 Å². The molecular weight excluding hydrogens is 460 g/mol. The number of ether oxygens (including phenoxy) is 1. The highest BCUT2D eigenvalue weighted by molar-refractivity contribution is 6.11. The molecule has 4 atom stereocenters. The molecule has 4 rings (SSSR count). The maximum atomic E-state index is 14.3.